The van der Waals surface area contributed by atoms with Crippen LogP contribution in [0.15, 0.2) is 10.7 Å². The fourth-order valence-electron chi connectivity index (χ4n) is 1.13. The summed E-state index contributed by atoms with van der Waals surface area (Å²) < 4.78 is 11.5. The molecule has 1 aromatic heterocycles. The molecule has 4 heteroatoms. The first-order chi connectivity index (χ1) is 5.77. The highest BCUT2D eigenvalue weighted by atomic mass is 79.9. The second-order valence-electron chi connectivity index (χ2n) is 2.58. The van der Waals surface area contributed by atoms with E-state index < -0.39 is 0 Å². The Morgan fingerprint density at radius 3 is 3.00 bits per heavy atom. The lowest BCUT2D eigenvalue weighted by atomic mass is 10.3. The van der Waals surface area contributed by atoms with E-state index in [1.807, 2.05) is 13.0 Å². The summed E-state index contributed by atoms with van der Waals surface area (Å²) in [5.41, 5.74) is 0.922. The number of rotatable bonds is 0. The number of fused-ring (bicyclic) bond motifs is 1. The van der Waals surface area contributed by atoms with Gasteiger partial charge in [0.1, 0.15) is 13.2 Å². The molecule has 1 aliphatic rings. The number of ether oxygens (including phenoxy) is 2. The average Bonchev–Trinajstić information content (AvgIpc) is 2.04. The molecule has 0 unspecified atom stereocenters. The second-order valence-corrected chi connectivity index (χ2v) is 3.33. The molecule has 0 aliphatic carbocycles. The van der Waals surface area contributed by atoms with Gasteiger partial charge in [0, 0.05) is 11.8 Å². The van der Waals surface area contributed by atoms with Crippen molar-refractivity contribution >= 4 is 15.9 Å². The summed E-state index contributed by atoms with van der Waals surface area (Å²) in [6.07, 6.45) is 0. The maximum atomic E-state index is 5.39. The van der Waals surface area contributed by atoms with Crippen molar-refractivity contribution in [3.8, 4) is 11.5 Å². The molecule has 0 aromatic carbocycles. The van der Waals surface area contributed by atoms with E-state index in [2.05, 4.69) is 20.9 Å². The predicted molar refractivity (Wildman–Crippen MR) is 47.7 cm³/mol. The van der Waals surface area contributed by atoms with Crippen LogP contribution in [0.3, 0.4) is 0 Å². The summed E-state index contributed by atoms with van der Waals surface area (Å²) >= 11 is 3.32. The van der Waals surface area contributed by atoms with Crippen molar-refractivity contribution in [2.24, 2.45) is 0 Å². The molecule has 0 saturated heterocycles. The molecule has 0 atom stereocenters. The molecular weight excluding hydrogens is 222 g/mol. The molecule has 64 valence electrons. The minimum Gasteiger partial charge on any atom is -0.486 e. The monoisotopic (exact) mass is 229 g/mol. The van der Waals surface area contributed by atoms with Crippen molar-refractivity contribution in [2.45, 2.75) is 6.92 Å². The highest BCUT2D eigenvalue weighted by Gasteiger charge is 2.15. The van der Waals surface area contributed by atoms with Crippen LogP contribution in [-0.4, -0.2) is 18.2 Å². The van der Waals surface area contributed by atoms with Crippen molar-refractivity contribution in [1.82, 2.24) is 4.98 Å². The van der Waals surface area contributed by atoms with Crippen LogP contribution in [0.1, 0.15) is 5.69 Å². The summed E-state index contributed by atoms with van der Waals surface area (Å²) in [6.45, 7) is 3.13. The van der Waals surface area contributed by atoms with Gasteiger partial charge in [-0.1, -0.05) is 0 Å². The molecule has 1 aromatic rings. The van der Waals surface area contributed by atoms with Crippen molar-refractivity contribution in [2.75, 3.05) is 13.2 Å². The van der Waals surface area contributed by atoms with Crippen molar-refractivity contribution in [3.05, 3.63) is 16.4 Å². The molecule has 2 heterocycles. The highest BCUT2D eigenvalue weighted by Crippen LogP contribution is 2.36. The Morgan fingerprint density at radius 1 is 1.42 bits per heavy atom. The fraction of sp³-hybridized carbons (Fsp3) is 0.375. The third-order valence-electron chi connectivity index (χ3n) is 1.61. The van der Waals surface area contributed by atoms with E-state index in [1.165, 1.54) is 0 Å². The number of hydrogen-bond donors (Lipinski definition) is 0. The summed E-state index contributed by atoms with van der Waals surface area (Å²) in [4.78, 5) is 4.20. The molecular formula is C8H8BrNO2. The summed E-state index contributed by atoms with van der Waals surface area (Å²) in [5, 5.41) is 0. The van der Waals surface area contributed by atoms with E-state index in [0.717, 1.165) is 16.0 Å². The van der Waals surface area contributed by atoms with Gasteiger partial charge < -0.3 is 9.47 Å². The number of halogens is 1. The first-order valence-electron chi connectivity index (χ1n) is 3.70. The number of nitrogens with zero attached hydrogens (tertiary/aromatic N) is 1. The van der Waals surface area contributed by atoms with E-state index >= 15 is 0 Å². The lowest BCUT2D eigenvalue weighted by molar-refractivity contribution is 0.169. The first kappa shape index (κ1) is 7.86. The van der Waals surface area contributed by atoms with Gasteiger partial charge in [-0.05, 0) is 22.9 Å². The lowest BCUT2D eigenvalue weighted by Crippen LogP contribution is -2.16. The zero-order valence-electron chi connectivity index (χ0n) is 6.63. The van der Waals surface area contributed by atoms with Crippen molar-refractivity contribution in [1.29, 1.82) is 0 Å². The van der Waals surface area contributed by atoms with Crippen LogP contribution >= 0.6 is 15.9 Å². The molecule has 0 N–H and O–H groups in total. The Bertz CT molecular complexity index is 314. The minimum absolute atomic E-state index is 0.594. The van der Waals surface area contributed by atoms with E-state index in [0.29, 0.717) is 19.0 Å². The van der Waals surface area contributed by atoms with Crippen molar-refractivity contribution in [3.63, 3.8) is 0 Å². The maximum Gasteiger partial charge on any atom is 0.194 e. The van der Waals surface area contributed by atoms with Crippen molar-refractivity contribution < 1.29 is 9.47 Å². The zero-order valence-corrected chi connectivity index (χ0v) is 8.22. The summed E-state index contributed by atoms with van der Waals surface area (Å²) in [6, 6.07) is 1.87. The number of hydrogen-bond acceptors (Lipinski definition) is 3. The van der Waals surface area contributed by atoms with Crippen LogP contribution in [0.25, 0.3) is 0 Å². The Hall–Kier alpha value is -0.770. The smallest absolute Gasteiger partial charge is 0.194 e. The quantitative estimate of drug-likeness (QED) is 0.638. The van der Waals surface area contributed by atoms with E-state index in [4.69, 9.17) is 9.47 Å². The number of pyridine rings is 1. The Kier molecular flexibility index (Phi) is 1.92. The molecule has 3 nitrogen and oxygen atoms in total. The maximum absolute atomic E-state index is 5.39. The van der Waals surface area contributed by atoms with Gasteiger partial charge in [-0.3, -0.25) is 0 Å². The molecule has 0 amide bonds. The Balaban J connectivity index is 2.53. The average molecular weight is 230 g/mol. The van der Waals surface area contributed by atoms with Gasteiger partial charge in [0.25, 0.3) is 0 Å². The van der Waals surface area contributed by atoms with E-state index in [1.54, 1.807) is 0 Å². The van der Waals surface area contributed by atoms with E-state index in [-0.39, 0.29) is 0 Å². The van der Waals surface area contributed by atoms with Gasteiger partial charge in [0.05, 0.1) is 0 Å². The first-order valence-corrected chi connectivity index (χ1v) is 4.49. The summed E-state index contributed by atoms with van der Waals surface area (Å²) in [7, 11) is 0. The molecule has 2 rings (SSSR count). The normalized spacial score (nSPS) is 14.5. The van der Waals surface area contributed by atoms with Gasteiger partial charge in [0.15, 0.2) is 16.1 Å². The fourth-order valence-corrected chi connectivity index (χ4v) is 1.72. The molecule has 0 saturated carbocycles. The zero-order chi connectivity index (χ0) is 8.55. The second kappa shape index (κ2) is 2.94. The van der Waals surface area contributed by atoms with Gasteiger partial charge in [-0.25, -0.2) is 4.98 Å². The molecule has 0 bridgehead atoms. The van der Waals surface area contributed by atoms with E-state index in [9.17, 15) is 0 Å². The molecule has 0 spiro atoms. The lowest BCUT2D eigenvalue weighted by Gasteiger charge is -2.19. The van der Waals surface area contributed by atoms with Gasteiger partial charge >= 0.3 is 0 Å². The molecule has 1 aliphatic heterocycles. The van der Waals surface area contributed by atoms with Crippen LogP contribution < -0.4 is 9.47 Å². The third kappa shape index (κ3) is 1.27. The predicted octanol–water partition coefficient (Wildman–Crippen LogP) is 1.92. The Labute approximate surface area is 78.8 Å². The van der Waals surface area contributed by atoms with Crippen LogP contribution in [-0.2, 0) is 0 Å². The van der Waals surface area contributed by atoms with Gasteiger partial charge in [-0.2, -0.15) is 0 Å². The SMILES string of the molecule is Cc1cc2c(c(Br)n1)OCCO2. The Morgan fingerprint density at radius 2 is 2.17 bits per heavy atom. The minimum atomic E-state index is 0.594. The van der Waals surface area contributed by atoms with Gasteiger partial charge in [0.2, 0.25) is 0 Å². The van der Waals surface area contributed by atoms with Gasteiger partial charge in [-0.15, -0.1) is 0 Å². The molecule has 0 radical (unpaired) electrons. The largest absolute Gasteiger partial charge is 0.486 e. The molecule has 0 fully saturated rings. The van der Waals surface area contributed by atoms with Crippen LogP contribution in [0.2, 0.25) is 0 Å². The van der Waals surface area contributed by atoms with Crippen LogP contribution in [0.4, 0.5) is 0 Å². The topological polar surface area (TPSA) is 31.4 Å². The number of aryl methyl sites for hydroxylation is 1. The third-order valence-corrected chi connectivity index (χ3v) is 2.15. The van der Waals surface area contributed by atoms with Crippen LogP contribution in [0, 0.1) is 6.92 Å². The molecule has 12 heavy (non-hydrogen) atoms. The van der Waals surface area contributed by atoms with Crippen LogP contribution in [0.5, 0.6) is 11.5 Å². The number of aromatic nitrogens is 1. The highest BCUT2D eigenvalue weighted by molar-refractivity contribution is 9.10. The summed E-state index contributed by atoms with van der Waals surface area (Å²) in [5.74, 6) is 1.49. The standard InChI is InChI=1S/C8H8BrNO2/c1-5-4-6-7(8(9)10-5)12-3-2-11-6/h4H,2-3H2,1H3.